The van der Waals surface area contributed by atoms with E-state index in [1.807, 2.05) is 19.1 Å². The molecule has 0 bridgehead atoms. The second-order valence-corrected chi connectivity index (χ2v) is 10.4. The summed E-state index contributed by atoms with van der Waals surface area (Å²) in [5.74, 6) is 1.57. The number of carbonyl (C=O) groups excluding carboxylic acids is 1. The highest BCUT2D eigenvalue weighted by atomic mass is 127. The lowest BCUT2D eigenvalue weighted by Gasteiger charge is -2.40. The van der Waals surface area contributed by atoms with Crippen molar-refractivity contribution in [3.8, 4) is 11.5 Å². The Morgan fingerprint density at radius 2 is 1.82 bits per heavy atom. The van der Waals surface area contributed by atoms with Crippen LogP contribution in [0.5, 0.6) is 11.5 Å². The highest BCUT2D eigenvalue weighted by Crippen LogP contribution is 2.43. The standard InChI is InChI=1S/C28H30F3IN4O4/c1-5-18-13-23(21-12-17(28(29,30)31)7-8-25(21)36(18)27(37)40-6-2)34-26-33-15-22(32)24(35-26)11-16-9-19(38-3)14-20(10-16)39-4/h7-10,12,14-15,18,23H,5-6,11,13H2,1-4H3,(H,33,34,35)/t18-,23+/m1/s1. The smallest absolute Gasteiger partial charge is 0.416 e. The van der Waals surface area contributed by atoms with Crippen LogP contribution in [0.15, 0.2) is 42.6 Å². The van der Waals surface area contributed by atoms with Crippen molar-refractivity contribution in [3.05, 3.63) is 68.5 Å². The molecule has 0 saturated heterocycles. The lowest BCUT2D eigenvalue weighted by atomic mass is 9.89. The minimum atomic E-state index is -4.54. The topological polar surface area (TPSA) is 85.8 Å². The van der Waals surface area contributed by atoms with Gasteiger partial charge in [-0.1, -0.05) is 6.92 Å². The number of hydrogen-bond donors (Lipinski definition) is 1. The van der Waals surface area contributed by atoms with E-state index in [0.29, 0.717) is 42.0 Å². The second-order valence-electron chi connectivity index (χ2n) is 9.22. The second kappa shape index (κ2) is 12.5. The number of alkyl halides is 3. The highest BCUT2D eigenvalue weighted by molar-refractivity contribution is 14.1. The first-order chi connectivity index (χ1) is 19.1. The first kappa shape index (κ1) is 29.7. The van der Waals surface area contributed by atoms with E-state index < -0.39 is 23.9 Å². The molecule has 2 aromatic carbocycles. The number of carbonyl (C=O) groups is 1. The lowest BCUT2D eigenvalue weighted by molar-refractivity contribution is -0.137. The van der Waals surface area contributed by atoms with Crippen molar-refractivity contribution < 1.29 is 32.2 Å². The van der Waals surface area contributed by atoms with Crippen molar-refractivity contribution in [2.24, 2.45) is 0 Å². The predicted molar refractivity (Wildman–Crippen MR) is 153 cm³/mol. The van der Waals surface area contributed by atoms with Gasteiger partial charge in [0.2, 0.25) is 5.95 Å². The maximum absolute atomic E-state index is 13.7. The number of methoxy groups -OCH3 is 2. The fourth-order valence-electron chi connectivity index (χ4n) is 4.77. The summed E-state index contributed by atoms with van der Waals surface area (Å²) in [6, 6.07) is 8.09. The molecule has 1 aromatic heterocycles. The zero-order valence-corrected chi connectivity index (χ0v) is 24.7. The van der Waals surface area contributed by atoms with Crippen molar-refractivity contribution in [2.75, 3.05) is 31.0 Å². The van der Waals surface area contributed by atoms with Crippen LogP contribution in [0.4, 0.5) is 29.6 Å². The molecular formula is C28H30F3IN4O4. The van der Waals surface area contributed by atoms with E-state index in [1.165, 1.54) is 11.0 Å². The van der Waals surface area contributed by atoms with E-state index in [2.05, 4.69) is 32.9 Å². The fourth-order valence-corrected chi connectivity index (χ4v) is 5.22. The number of anilines is 2. The van der Waals surface area contributed by atoms with Gasteiger partial charge in [0.05, 0.1) is 47.4 Å². The minimum Gasteiger partial charge on any atom is -0.497 e. The summed E-state index contributed by atoms with van der Waals surface area (Å²) in [7, 11) is 3.15. The molecule has 2 heterocycles. The molecule has 1 N–H and O–H groups in total. The van der Waals surface area contributed by atoms with E-state index >= 15 is 0 Å². The highest BCUT2D eigenvalue weighted by Gasteiger charge is 2.39. The van der Waals surface area contributed by atoms with Gasteiger partial charge in [-0.25, -0.2) is 14.8 Å². The average Bonchev–Trinajstić information content (AvgIpc) is 2.93. The van der Waals surface area contributed by atoms with Crippen LogP contribution in [-0.2, 0) is 17.3 Å². The van der Waals surface area contributed by atoms with Crippen LogP contribution < -0.4 is 19.7 Å². The Balaban J connectivity index is 1.70. The Bertz CT molecular complexity index is 1350. The summed E-state index contributed by atoms with van der Waals surface area (Å²) < 4.78 is 57.8. The molecule has 1 amide bonds. The zero-order chi connectivity index (χ0) is 29.0. The van der Waals surface area contributed by atoms with Gasteiger partial charge in [0.15, 0.2) is 0 Å². The Labute approximate surface area is 244 Å². The van der Waals surface area contributed by atoms with Gasteiger partial charge in [-0.05, 0) is 83.8 Å². The number of benzene rings is 2. The summed E-state index contributed by atoms with van der Waals surface area (Å²) in [6.07, 6.45) is -2.08. The third-order valence-corrected chi connectivity index (χ3v) is 7.60. The van der Waals surface area contributed by atoms with Gasteiger partial charge in [0.25, 0.3) is 0 Å². The number of rotatable bonds is 8. The minimum absolute atomic E-state index is 0.155. The van der Waals surface area contributed by atoms with Crippen molar-refractivity contribution in [2.45, 2.75) is 51.4 Å². The van der Waals surface area contributed by atoms with E-state index in [-0.39, 0.29) is 18.6 Å². The van der Waals surface area contributed by atoms with Gasteiger partial charge < -0.3 is 19.5 Å². The number of nitrogens with zero attached hydrogens (tertiary/aromatic N) is 3. The van der Waals surface area contributed by atoms with Gasteiger partial charge in [0, 0.05) is 24.7 Å². The Morgan fingerprint density at radius 1 is 1.12 bits per heavy atom. The SMILES string of the molecule is CCOC(=O)N1c2ccc(C(F)(F)F)cc2[C@@H](Nc2ncc(I)c(Cc3cc(OC)cc(OC)c3)n2)C[C@H]1CC. The molecule has 0 unspecified atom stereocenters. The largest absolute Gasteiger partial charge is 0.497 e. The Morgan fingerprint density at radius 3 is 2.42 bits per heavy atom. The summed E-state index contributed by atoms with van der Waals surface area (Å²) in [6.45, 7) is 3.76. The normalized spacial score (nSPS) is 16.8. The maximum Gasteiger partial charge on any atom is 0.416 e. The monoisotopic (exact) mass is 670 g/mol. The molecule has 0 fully saturated rings. The van der Waals surface area contributed by atoms with Crippen molar-refractivity contribution in [3.63, 3.8) is 0 Å². The van der Waals surface area contributed by atoms with Crippen LogP contribution in [0.2, 0.25) is 0 Å². The summed E-state index contributed by atoms with van der Waals surface area (Å²) >= 11 is 2.15. The lowest BCUT2D eigenvalue weighted by Crippen LogP contribution is -2.46. The van der Waals surface area contributed by atoms with Crippen LogP contribution in [0.3, 0.4) is 0 Å². The van der Waals surface area contributed by atoms with E-state index in [9.17, 15) is 18.0 Å². The van der Waals surface area contributed by atoms with Crippen molar-refractivity contribution >= 4 is 40.3 Å². The quantitative estimate of drug-likeness (QED) is 0.258. The average molecular weight is 670 g/mol. The van der Waals surface area contributed by atoms with Crippen LogP contribution in [-0.4, -0.2) is 42.9 Å². The predicted octanol–water partition coefficient (Wildman–Crippen LogP) is 7.01. The van der Waals surface area contributed by atoms with Crippen molar-refractivity contribution in [1.82, 2.24) is 9.97 Å². The molecule has 8 nitrogen and oxygen atoms in total. The number of fused-ring (bicyclic) bond motifs is 1. The molecule has 12 heteroatoms. The van der Waals surface area contributed by atoms with Crippen LogP contribution in [0.1, 0.15) is 55.1 Å². The fraction of sp³-hybridized carbons (Fsp3) is 0.393. The van der Waals surface area contributed by atoms with Gasteiger partial charge >= 0.3 is 12.3 Å². The molecule has 0 radical (unpaired) electrons. The molecule has 40 heavy (non-hydrogen) atoms. The molecule has 0 saturated carbocycles. The molecule has 4 rings (SSSR count). The molecule has 0 spiro atoms. The van der Waals surface area contributed by atoms with E-state index in [1.54, 1.807) is 33.4 Å². The van der Waals surface area contributed by atoms with Crippen LogP contribution in [0, 0.1) is 3.57 Å². The number of halogens is 4. The maximum atomic E-state index is 13.7. The number of hydrogen-bond acceptors (Lipinski definition) is 7. The van der Waals surface area contributed by atoms with Gasteiger partial charge in [-0.3, -0.25) is 4.90 Å². The van der Waals surface area contributed by atoms with E-state index in [0.717, 1.165) is 27.0 Å². The molecule has 1 aliphatic rings. The Hall–Kier alpha value is -3.29. The van der Waals surface area contributed by atoms with Crippen LogP contribution >= 0.6 is 22.6 Å². The summed E-state index contributed by atoms with van der Waals surface area (Å²) in [4.78, 5) is 23.4. The molecular weight excluding hydrogens is 640 g/mol. The third kappa shape index (κ3) is 6.53. The first-order valence-electron chi connectivity index (χ1n) is 12.7. The Kier molecular flexibility index (Phi) is 9.26. The summed E-state index contributed by atoms with van der Waals surface area (Å²) in [5, 5.41) is 3.25. The number of nitrogens with one attached hydrogen (secondary N) is 1. The van der Waals surface area contributed by atoms with Crippen LogP contribution in [0.25, 0.3) is 0 Å². The van der Waals surface area contributed by atoms with Crippen molar-refractivity contribution in [1.29, 1.82) is 0 Å². The molecule has 0 aliphatic carbocycles. The number of ether oxygens (including phenoxy) is 3. The summed E-state index contributed by atoms with van der Waals surface area (Å²) in [5.41, 5.74) is 1.54. The molecule has 1 aliphatic heterocycles. The first-order valence-corrected chi connectivity index (χ1v) is 13.8. The molecule has 3 aromatic rings. The molecule has 2 atom stereocenters. The zero-order valence-electron chi connectivity index (χ0n) is 22.5. The van der Waals surface area contributed by atoms with Gasteiger partial charge in [0.1, 0.15) is 11.5 Å². The van der Waals surface area contributed by atoms with Gasteiger partial charge in [-0.2, -0.15) is 13.2 Å². The third-order valence-electron chi connectivity index (χ3n) is 6.70. The van der Waals surface area contributed by atoms with Gasteiger partial charge in [-0.15, -0.1) is 0 Å². The van der Waals surface area contributed by atoms with E-state index in [4.69, 9.17) is 19.2 Å². The number of amides is 1. The molecule has 214 valence electrons. The number of aromatic nitrogens is 2.